The third kappa shape index (κ3) is 3.29. The zero-order valence-corrected chi connectivity index (χ0v) is 18.1. The van der Waals surface area contributed by atoms with Gasteiger partial charge in [0.05, 0.1) is 11.0 Å². The van der Waals surface area contributed by atoms with Gasteiger partial charge in [0.1, 0.15) is 6.61 Å². The third-order valence-corrected chi connectivity index (χ3v) is 6.63. The summed E-state index contributed by atoms with van der Waals surface area (Å²) in [4.78, 5) is 25.2. The summed E-state index contributed by atoms with van der Waals surface area (Å²) in [5, 5.41) is 2.97. The summed E-state index contributed by atoms with van der Waals surface area (Å²) in [6.45, 7) is 2.24. The first-order chi connectivity index (χ1) is 16.2. The fraction of sp³-hybridized carbons (Fsp3) is 0.231. The minimum Gasteiger partial charge on any atom is -0.457 e. The molecule has 3 aromatic carbocycles. The van der Waals surface area contributed by atoms with Crippen LogP contribution in [0, 0.1) is 6.92 Å². The molecule has 1 aliphatic carbocycles. The number of anilines is 1. The summed E-state index contributed by atoms with van der Waals surface area (Å²) in [6.07, 6.45) is -2.51. The number of rotatable bonds is 4. The zero-order chi connectivity index (χ0) is 23.7. The van der Waals surface area contributed by atoms with Crippen LogP contribution in [-0.4, -0.2) is 18.2 Å². The van der Waals surface area contributed by atoms with Crippen molar-refractivity contribution in [2.75, 3.05) is 5.32 Å². The first-order valence-electron chi connectivity index (χ1n) is 10.9. The third-order valence-electron chi connectivity index (χ3n) is 6.63. The average molecular weight is 463 g/mol. The molecular weight excluding hydrogens is 444 g/mol. The molecule has 0 spiro atoms. The average Bonchev–Trinajstić information content (AvgIpc) is 3.45. The predicted octanol–water partition coefficient (Wildman–Crippen LogP) is 5.32. The van der Waals surface area contributed by atoms with Crippen LogP contribution in [0.15, 0.2) is 54.6 Å². The first-order valence-corrected chi connectivity index (χ1v) is 10.9. The molecule has 3 aromatic rings. The van der Waals surface area contributed by atoms with E-state index in [9.17, 15) is 18.4 Å². The highest BCUT2D eigenvalue weighted by molar-refractivity contribution is 6.02. The summed E-state index contributed by atoms with van der Waals surface area (Å²) in [5.41, 5.74) is 4.53. The number of halogens is 2. The van der Waals surface area contributed by atoms with E-state index < -0.39 is 11.7 Å². The molecule has 2 aliphatic heterocycles. The lowest BCUT2D eigenvalue weighted by molar-refractivity contribution is -0.286. The largest absolute Gasteiger partial charge is 0.586 e. The number of hydrogen-bond acceptors (Lipinski definition) is 5. The Bertz CT molecular complexity index is 1380. The van der Waals surface area contributed by atoms with Crippen LogP contribution in [0.4, 0.5) is 14.5 Å². The topological polar surface area (TPSA) is 73.9 Å². The van der Waals surface area contributed by atoms with Gasteiger partial charge in [-0.2, -0.15) is 0 Å². The number of nitrogens with one attached hydrogen (secondary N) is 1. The van der Waals surface area contributed by atoms with Gasteiger partial charge in [0.25, 0.3) is 0 Å². The summed E-state index contributed by atoms with van der Waals surface area (Å²) >= 11 is 0. The molecule has 6 rings (SSSR count). The minimum absolute atomic E-state index is 0.0497. The highest BCUT2D eigenvalue weighted by Gasteiger charge is 2.52. The van der Waals surface area contributed by atoms with Gasteiger partial charge in [-0.3, -0.25) is 4.79 Å². The SMILES string of the molecule is Cc1ccc(NC(=O)C2(c3ccc4c(c3)OC(F)(F)O4)CC2)cc1-c1ccc2c(c1)C(=O)OC2. The second kappa shape index (κ2) is 7.03. The van der Waals surface area contributed by atoms with E-state index in [2.05, 4.69) is 14.8 Å². The van der Waals surface area contributed by atoms with Crippen LogP contribution in [0.5, 0.6) is 11.5 Å². The van der Waals surface area contributed by atoms with E-state index >= 15 is 0 Å². The summed E-state index contributed by atoms with van der Waals surface area (Å²) < 4.78 is 40.9. The molecule has 3 aliphatic rings. The minimum atomic E-state index is -3.70. The Kier molecular flexibility index (Phi) is 4.27. The molecule has 8 heteroatoms. The van der Waals surface area contributed by atoms with E-state index in [1.54, 1.807) is 6.07 Å². The number of fused-ring (bicyclic) bond motifs is 2. The summed E-state index contributed by atoms with van der Waals surface area (Å²) in [6, 6.07) is 15.7. The van der Waals surface area contributed by atoms with Gasteiger partial charge in [-0.25, -0.2) is 4.79 Å². The van der Waals surface area contributed by atoms with Crippen LogP contribution >= 0.6 is 0 Å². The Morgan fingerprint density at radius 3 is 2.53 bits per heavy atom. The lowest BCUT2D eigenvalue weighted by Crippen LogP contribution is -2.28. The molecule has 0 bridgehead atoms. The maximum Gasteiger partial charge on any atom is 0.586 e. The second-order valence-corrected chi connectivity index (χ2v) is 8.84. The van der Waals surface area contributed by atoms with Crippen molar-refractivity contribution in [3.05, 3.63) is 76.9 Å². The quantitative estimate of drug-likeness (QED) is 0.530. The van der Waals surface area contributed by atoms with Crippen LogP contribution in [0.1, 0.15) is 39.9 Å². The number of alkyl halides is 2. The van der Waals surface area contributed by atoms with Gasteiger partial charge in [0.15, 0.2) is 11.5 Å². The fourth-order valence-corrected chi connectivity index (χ4v) is 4.56. The van der Waals surface area contributed by atoms with Gasteiger partial charge in [0, 0.05) is 11.3 Å². The van der Waals surface area contributed by atoms with Crippen LogP contribution in [0.3, 0.4) is 0 Å². The van der Waals surface area contributed by atoms with E-state index in [-0.39, 0.29) is 30.0 Å². The van der Waals surface area contributed by atoms with Gasteiger partial charge in [-0.05, 0) is 72.4 Å². The van der Waals surface area contributed by atoms with E-state index in [0.717, 1.165) is 22.3 Å². The number of benzene rings is 3. The molecule has 34 heavy (non-hydrogen) atoms. The molecule has 1 amide bonds. The molecule has 0 aromatic heterocycles. The van der Waals surface area contributed by atoms with Crippen molar-refractivity contribution < 1.29 is 32.6 Å². The lowest BCUT2D eigenvalue weighted by Gasteiger charge is -2.17. The molecular formula is C26H19F2NO5. The van der Waals surface area contributed by atoms with Crippen LogP contribution < -0.4 is 14.8 Å². The molecule has 1 fully saturated rings. The van der Waals surface area contributed by atoms with Gasteiger partial charge in [-0.15, -0.1) is 8.78 Å². The van der Waals surface area contributed by atoms with Crippen LogP contribution in [-0.2, 0) is 21.6 Å². The standard InChI is InChI=1S/C26H19F2NO5/c1-14-2-6-18(12-19(14)15-3-4-16-13-32-23(30)20(16)10-15)29-24(31)25(8-9-25)17-5-7-21-22(11-17)34-26(27,28)33-21/h2-7,10-12H,8-9,13H2,1H3,(H,29,31). The number of carbonyl (C=O) groups excluding carboxylic acids is 2. The monoisotopic (exact) mass is 463 g/mol. The molecule has 0 atom stereocenters. The van der Waals surface area contributed by atoms with E-state index in [1.807, 2.05) is 43.3 Å². The van der Waals surface area contributed by atoms with Gasteiger partial charge in [0.2, 0.25) is 5.91 Å². The Balaban J connectivity index is 1.27. The molecule has 172 valence electrons. The molecule has 0 unspecified atom stereocenters. The van der Waals surface area contributed by atoms with E-state index in [1.165, 1.54) is 12.1 Å². The molecule has 1 N–H and O–H groups in total. The first kappa shape index (κ1) is 20.7. The Morgan fingerprint density at radius 2 is 1.74 bits per heavy atom. The van der Waals surface area contributed by atoms with Crippen molar-refractivity contribution in [3.8, 4) is 22.6 Å². The smallest absolute Gasteiger partial charge is 0.457 e. The maximum absolute atomic E-state index is 13.4. The second-order valence-electron chi connectivity index (χ2n) is 8.84. The molecule has 1 saturated carbocycles. The van der Waals surface area contributed by atoms with Gasteiger partial charge in [-0.1, -0.05) is 24.3 Å². The molecule has 6 nitrogen and oxygen atoms in total. The zero-order valence-electron chi connectivity index (χ0n) is 18.1. The van der Waals surface area contributed by atoms with Crippen molar-refractivity contribution in [1.82, 2.24) is 0 Å². The molecule has 0 radical (unpaired) electrons. The van der Waals surface area contributed by atoms with Crippen molar-refractivity contribution in [3.63, 3.8) is 0 Å². The Labute approximate surface area is 193 Å². The highest BCUT2D eigenvalue weighted by Crippen LogP contribution is 2.52. The van der Waals surface area contributed by atoms with Crippen LogP contribution in [0.25, 0.3) is 11.1 Å². The summed E-state index contributed by atoms with van der Waals surface area (Å²) in [7, 11) is 0. The van der Waals surface area contributed by atoms with Gasteiger partial charge < -0.3 is 19.5 Å². The number of aryl methyl sites for hydroxylation is 1. The fourth-order valence-electron chi connectivity index (χ4n) is 4.56. The molecule has 0 saturated heterocycles. The lowest BCUT2D eigenvalue weighted by atomic mass is 9.93. The number of amides is 1. The number of cyclic esters (lactones) is 1. The van der Waals surface area contributed by atoms with E-state index in [4.69, 9.17) is 4.74 Å². The number of ether oxygens (including phenoxy) is 3. The van der Waals surface area contributed by atoms with Gasteiger partial charge >= 0.3 is 12.3 Å². The normalized spacial score (nSPS) is 18.3. The number of esters is 1. The van der Waals surface area contributed by atoms with E-state index in [0.29, 0.717) is 29.7 Å². The predicted molar refractivity (Wildman–Crippen MR) is 118 cm³/mol. The van der Waals surface area contributed by atoms with Crippen molar-refractivity contribution >= 4 is 17.6 Å². The maximum atomic E-state index is 13.4. The number of hydrogen-bond donors (Lipinski definition) is 1. The van der Waals surface area contributed by atoms with Crippen molar-refractivity contribution in [2.24, 2.45) is 0 Å². The van der Waals surface area contributed by atoms with Crippen molar-refractivity contribution in [1.29, 1.82) is 0 Å². The van der Waals surface area contributed by atoms with Crippen LogP contribution in [0.2, 0.25) is 0 Å². The number of carbonyl (C=O) groups is 2. The highest BCUT2D eigenvalue weighted by atomic mass is 19.3. The summed E-state index contributed by atoms with van der Waals surface area (Å²) in [5.74, 6) is -0.678. The Hall–Kier alpha value is -3.94. The Morgan fingerprint density at radius 1 is 0.941 bits per heavy atom. The van der Waals surface area contributed by atoms with Crippen molar-refractivity contribution in [2.45, 2.75) is 38.1 Å². The molecule has 2 heterocycles.